The highest BCUT2D eigenvalue weighted by molar-refractivity contribution is 7.16. The molecule has 0 spiro atoms. The Morgan fingerprint density at radius 2 is 1.17 bits per heavy atom. The van der Waals surface area contributed by atoms with Crippen molar-refractivity contribution in [2.75, 3.05) is 6.16 Å². The van der Waals surface area contributed by atoms with E-state index in [1.165, 1.54) is 11.1 Å². The molecule has 0 saturated carbocycles. The van der Waals surface area contributed by atoms with Crippen molar-refractivity contribution in [1.82, 2.24) is 0 Å². The molecule has 0 aliphatic rings. The van der Waals surface area contributed by atoms with E-state index in [0.29, 0.717) is 5.41 Å². The van der Waals surface area contributed by atoms with Crippen LogP contribution in [0.3, 0.4) is 0 Å². The van der Waals surface area contributed by atoms with Crippen LogP contribution in [-0.2, 0) is 12.8 Å². The smallest absolute Gasteiger partial charge is 0.0211 e. The zero-order valence-electron chi connectivity index (χ0n) is 11.0. The molecule has 0 radical (unpaired) electrons. The lowest BCUT2D eigenvalue weighted by Gasteiger charge is -2.28. The van der Waals surface area contributed by atoms with Gasteiger partial charge in [0.25, 0.3) is 0 Å². The second kappa shape index (κ2) is 6.16. The van der Waals surface area contributed by atoms with Crippen LogP contribution in [0.2, 0.25) is 0 Å². The molecule has 0 heterocycles. The van der Waals surface area contributed by atoms with Crippen molar-refractivity contribution in [3.63, 3.8) is 0 Å². The Hall–Kier alpha value is -1.13. The third-order valence-corrected chi connectivity index (χ3v) is 4.43. The van der Waals surface area contributed by atoms with E-state index in [2.05, 4.69) is 76.8 Å². The lowest BCUT2D eigenvalue weighted by atomic mass is 9.80. The first kappa shape index (κ1) is 13.3. The molecule has 1 heteroatoms. The van der Waals surface area contributed by atoms with E-state index in [1.807, 2.05) is 0 Å². The molecule has 2 aromatic carbocycles. The number of hydrogen-bond donors (Lipinski definition) is 0. The zero-order valence-corrected chi connectivity index (χ0v) is 12.1. The number of benzene rings is 2. The Bertz CT molecular complexity index is 420. The summed E-state index contributed by atoms with van der Waals surface area (Å²) in [6, 6.07) is 21.6. The van der Waals surface area contributed by atoms with Gasteiger partial charge in [-0.15, -0.1) is 9.24 Å². The van der Waals surface area contributed by atoms with Crippen molar-refractivity contribution in [3.05, 3.63) is 71.8 Å². The standard InChI is InChI=1S/C17H21P/c1-17(14-18,12-15-8-4-2-5-9-15)13-16-10-6-3-7-11-16/h2-11H,12-14,18H2,1H3. The van der Waals surface area contributed by atoms with Gasteiger partial charge < -0.3 is 0 Å². The van der Waals surface area contributed by atoms with Gasteiger partial charge in [0.05, 0.1) is 0 Å². The van der Waals surface area contributed by atoms with Crippen molar-refractivity contribution in [2.24, 2.45) is 5.41 Å². The Balaban J connectivity index is 2.11. The average Bonchev–Trinajstić information content (AvgIpc) is 2.41. The van der Waals surface area contributed by atoms with E-state index in [-0.39, 0.29) is 0 Å². The highest BCUT2D eigenvalue weighted by Gasteiger charge is 2.23. The summed E-state index contributed by atoms with van der Waals surface area (Å²) in [4.78, 5) is 0. The molecule has 94 valence electrons. The van der Waals surface area contributed by atoms with Crippen molar-refractivity contribution in [1.29, 1.82) is 0 Å². The van der Waals surface area contributed by atoms with Gasteiger partial charge in [-0.25, -0.2) is 0 Å². The van der Waals surface area contributed by atoms with Gasteiger partial charge in [0.1, 0.15) is 0 Å². The van der Waals surface area contributed by atoms with E-state index in [4.69, 9.17) is 0 Å². The van der Waals surface area contributed by atoms with Gasteiger partial charge in [0.2, 0.25) is 0 Å². The highest BCUT2D eigenvalue weighted by Crippen LogP contribution is 2.29. The first-order valence-electron chi connectivity index (χ1n) is 6.50. The van der Waals surface area contributed by atoms with Crippen molar-refractivity contribution >= 4 is 9.24 Å². The molecule has 0 amide bonds. The van der Waals surface area contributed by atoms with Crippen LogP contribution in [0.25, 0.3) is 0 Å². The van der Waals surface area contributed by atoms with E-state index < -0.39 is 0 Å². The molecule has 0 saturated heterocycles. The molecular weight excluding hydrogens is 235 g/mol. The maximum absolute atomic E-state index is 2.92. The second-order valence-electron chi connectivity index (χ2n) is 5.34. The average molecular weight is 256 g/mol. The molecule has 0 nitrogen and oxygen atoms in total. The molecule has 0 N–H and O–H groups in total. The maximum Gasteiger partial charge on any atom is -0.0211 e. The van der Waals surface area contributed by atoms with Gasteiger partial charge >= 0.3 is 0 Å². The summed E-state index contributed by atoms with van der Waals surface area (Å²) in [6.45, 7) is 2.38. The minimum absolute atomic E-state index is 0.313. The lowest BCUT2D eigenvalue weighted by Crippen LogP contribution is -2.24. The Labute approximate surface area is 113 Å². The maximum atomic E-state index is 2.92. The summed E-state index contributed by atoms with van der Waals surface area (Å²) >= 11 is 0. The van der Waals surface area contributed by atoms with Crippen LogP contribution in [0.5, 0.6) is 0 Å². The minimum Gasteiger partial charge on any atom is -0.137 e. The third kappa shape index (κ3) is 3.68. The Morgan fingerprint density at radius 1 is 0.778 bits per heavy atom. The molecule has 2 rings (SSSR count). The summed E-state index contributed by atoms with van der Waals surface area (Å²) in [5.74, 6) is 0. The van der Waals surface area contributed by atoms with E-state index in [1.54, 1.807) is 0 Å². The molecule has 0 bridgehead atoms. The lowest BCUT2D eigenvalue weighted by molar-refractivity contribution is 0.370. The van der Waals surface area contributed by atoms with Gasteiger partial charge in [-0.1, -0.05) is 67.6 Å². The molecule has 18 heavy (non-hydrogen) atoms. The van der Waals surface area contributed by atoms with Crippen LogP contribution >= 0.6 is 9.24 Å². The van der Waals surface area contributed by atoms with Gasteiger partial charge in [0.15, 0.2) is 0 Å². The fourth-order valence-corrected chi connectivity index (χ4v) is 2.67. The highest BCUT2D eigenvalue weighted by atomic mass is 31.0. The van der Waals surface area contributed by atoms with Crippen LogP contribution in [0.1, 0.15) is 18.1 Å². The minimum atomic E-state index is 0.313. The fourth-order valence-electron chi connectivity index (χ4n) is 2.38. The molecule has 1 unspecified atom stereocenters. The van der Waals surface area contributed by atoms with E-state index >= 15 is 0 Å². The van der Waals surface area contributed by atoms with E-state index in [0.717, 1.165) is 19.0 Å². The second-order valence-corrected chi connectivity index (χ2v) is 5.75. The molecule has 2 aromatic rings. The molecule has 0 aliphatic carbocycles. The summed E-state index contributed by atoms with van der Waals surface area (Å²) in [5.41, 5.74) is 3.17. The predicted molar refractivity (Wildman–Crippen MR) is 83.0 cm³/mol. The summed E-state index contributed by atoms with van der Waals surface area (Å²) < 4.78 is 0. The SMILES string of the molecule is CC(CP)(Cc1ccccc1)Cc1ccccc1. The molecule has 1 atom stereocenters. The number of hydrogen-bond acceptors (Lipinski definition) is 0. The number of rotatable bonds is 5. The van der Waals surface area contributed by atoms with Crippen LogP contribution in [-0.4, -0.2) is 6.16 Å². The van der Waals surface area contributed by atoms with Crippen LogP contribution < -0.4 is 0 Å². The van der Waals surface area contributed by atoms with Crippen LogP contribution in [0.4, 0.5) is 0 Å². The topological polar surface area (TPSA) is 0 Å². The summed E-state index contributed by atoms with van der Waals surface area (Å²) in [7, 11) is 2.92. The van der Waals surface area contributed by atoms with E-state index in [9.17, 15) is 0 Å². The van der Waals surface area contributed by atoms with Crippen LogP contribution in [0, 0.1) is 5.41 Å². The molecule has 0 fully saturated rings. The normalized spacial score (nSPS) is 11.4. The van der Waals surface area contributed by atoms with Crippen molar-refractivity contribution in [2.45, 2.75) is 19.8 Å². The molecule has 0 aromatic heterocycles. The first-order chi connectivity index (χ1) is 8.72. The molecule has 0 aliphatic heterocycles. The summed E-state index contributed by atoms with van der Waals surface area (Å²) in [6.07, 6.45) is 3.38. The van der Waals surface area contributed by atoms with Crippen LogP contribution in [0.15, 0.2) is 60.7 Å². The van der Waals surface area contributed by atoms with Crippen molar-refractivity contribution < 1.29 is 0 Å². The first-order valence-corrected chi connectivity index (χ1v) is 7.31. The van der Waals surface area contributed by atoms with Crippen molar-refractivity contribution in [3.8, 4) is 0 Å². The van der Waals surface area contributed by atoms with Gasteiger partial charge in [-0.3, -0.25) is 0 Å². The van der Waals surface area contributed by atoms with Gasteiger partial charge in [-0.2, -0.15) is 0 Å². The molecular formula is C17H21P. The fraction of sp³-hybridized carbons (Fsp3) is 0.294. The largest absolute Gasteiger partial charge is 0.137 e. The third-order valence-electron chi connectivity index (χ3n) is 3.44. The predicted octanol–water partition coefficient (Wildman–Crippen LogP) is 4.35. The quantitative estimate of drug-likeness (QED) is 0.697. The Morgan fingerprint density at radius 3 is 1.50 bits per heavy atom. The zero-order chi connectivity index (χ0) is 12.8. The van der Waals surface area contributed by atoms with Gasteiger partial charge in [-0.05, 0) is 35.5 Å². The summed E-state index contributed by atoms with van der Waals surface area (Å²) in [5, 5.41) is 0. The van der Waals surface area contributed by atoms with Gasteiger partial charge in [0, 0.05) is 0 Å². The monoisotopic (exact) mass is 256 g/mol. The Kier molecular flexibility index (Phi) is 4.55.